The SMILES string of the molecule is NCC1CCc2nnc(-c3ccc(O)cc3F)n2C1. The lowest BCUT2D eigenvalue weighted by Crippen LogP contribution is -2.26. The van der Waals surface area contributed by atoms with Crippen LogP contribution in [0, 0.1) is 11.7 Å². The molecule has 0 spiro atoms. The number of fused-ring (bicyclic) bond motifs is 1. The molecule has 6 heteroatoms. The third-order valence-electron chi connectivity index (χ3n) is 3.57. The Morgan fingerprint density at radius 3 is 3.00 bits per heavy atom. The first kappa shape index (κ1) is 12.1. The maximum Gasteiger partial charge on any atom is 0.166 e. The molecule has 0 bridgehead atoms. The lowest BCUT2D eigenvalue weighted by atomic mass is 9.99. The van der Waals surface area contributed by atoms with Crippen molar-refractivity contribution in [2.75, 3.05) is 6.54 Å². The highest BCUT2D eigenvalue weighted by Gasteiger charge is 2.23. The molecule has 1 unspecified atom stereocenters. The molecule has 2 aromatic rings. The summed E-state index contributed by atoms with van der Waals surface area (Å²) in [6, 6.07) is 4.05. The Bertz CT molecular complexity index is 611. The minimum atomic E-state index is -0.495. The van der Waals surface area contributed by atoms with Gasteiger partial charge in [-0.25, -0.2) is 4.39 Å². The molecule has 1 atom stereocenters. The van der Waals surface area contributed by atoms with Crippen LogP contribution in [0.25, 0.3) is 11.4 Å². The number of hydrogen-bond acceptors (Lipinski definition) is 4. The number of aryl methyl sites for hydroxylation is 1. The largest absolute Gasteiger partial charge is 0.508 e. The zero-order valence-corrected chi connectivity index (χ0v) is 10.4. The third-order valence-corrected chi connectivity index (χ3v) is 3.57. The van der Waals surface area contributed by atoms with Crippen molar-refractivity contribution in [3.63, 3.8) is 0 Å². The minimum absolute atomic E-state index is 0.0977. The van der Waals surface area contributed by atoms with Crippen LogP contribution in [0.2, 0.25) is 0 Å². The van der Waals surface area contributed by atoms with Gasteiger partial charge in [0, 0.05) is 19.0 Å². The smallest absolute Gasteiger partial charge is 0.166 e. The maximum atomic E-state index is 13.9. The van der Waals surface area contributed by atoms with Crippen LogP contribution in [0.15, 0.2) is 18.2 Å². The van der Waals surface area contributed by atoms with E-state index in [0.717, 1.165) is 24.7 Å². The Kier molecular flexibility index (Phi) is 2.94. The van der Waals surface area contributed by atoms with Crippen molar-refractivity contribution in [2.24, 2.45) is 11.7 Å². The molecule has 100 valence electrons. The van der Waals surface area contributed by atoms with Gasteiger partial charge in [0.25, 0.3) is 0 Å². The fourth-order valence-corrected chi connectivity index (χ4v) is 2.47. The Labute approximate surface area is 109 Å². The van der Waals surface area contributed by atoms with E-state index >= 15 is 0 Å². The summed E-state index contributed by atoms with van der Waals surface area (Å²) in [4.78, 5) is 0. The van der Waals surface area contributed by atoms with Gasteiger partial charge in [-0.1, -0.05) is 0 Å². The summed E-state index contributed by atoms with van der Waals surface area (Å²) in [6.07, 6.45) is 1.81. The van der Waals surface area contributed by atoms with Crippen LogP contribution in [0.3, 0.4) is 0 Å². The molecule has 0 saturated heterocycles. The number of rotatable bonds is 2. The Hall–Kier alpha value is -1.95. The van der Waals surface area contributed by atoms with Gasteiger partial charge in [0.05, 0.1) is 5.56 Å². The summed E-state index contributed by atoms with van der Waals surface area (Å²) in [5.41, 5.74) is 6.06. The van der Waals surface area contributed by atoms with Crippen molar-refractivity contribution in [3.8, 4) is 17.1 Å². The molecule has 1 aliphatic rings. The number of nitrogens with zero attached hydrogens (tertiary/aromatic N) is 3. The van der Waals surface area contributed by atoms with Crippen LogP contribution in [-0.4, -0.2) is 26.4 Å². The monoisotopic (exact) mass is 262 g/mol. The number of nitrogens with two attached hydrogens (primary N) is 1. The predicted octanol–water partition coefficient (Wildman–Crippen LogP) is 1.31. The second-order valence-electron chi connectivity index (χ2n) is 4.85. The quantitative estimate of drug-likeness (QED) is 0.855. The van der Waals surface area contributed by atoms with Gasteiger partial charge < -0.3 is 15.4 Å². The van der Waals surface area contributed by atoms with Crippen LogP contribution in [-0.2, 0) is 13.0 Å². The van der Waals surface area contributed by atoms with E-state index in [1.54, 1.807) is 0 Å². The molecule has 19 heavy (non-hydrogen) atoms. The standard InChI is InChI=1S/C13H15FN4O/c14-11-5-9(19)2-3-10(11)13-17-16-12-4-1-8(6-15)7-18(12)13/h2-3,5,8,19H,1,4,6-7,15H2. The van der Waals surface area contributed by atoms with Crippen molar-refractivity contribution < 1.29 is 9.50 Å². The highest BCUT2D eigenvalue weighted by Crippen LogP contribution is 2.28. The molecule has 0 aliphatic carbocycles. The number of aromatic hydroxyl groups is 1. The van der Waals surface area contributed by atoms with Crippen LogP contribution in [0.5, 0.6) is 5.75 Å². The van der Waals surface area contributed by atoms with Crippen molar-refractivity contribution in [1.82, 2.24) is 14.8 Å². The summed E-state index contributed by atoms with van der Waals surface area (Å²) in [5, 5.41) is 17.4. The molecule has 1 aromatic carbocycles. The van der Waals surface area contributed by atoms with E-state index in [4.69, 9.17) is 5.73 Å². The number of aromatic nitrogens is 3. The molecule has 5 nitrogen and oxygen atoms in total. The Balaban J connectivity index is 2.05. The van der Waals surface area contributed by atoms with E-state index in [1.807, 2.05) is 4.57 Å². The Morgan fingerprint density at radius 1 is 1.42 bits per heavy atom. The van der Waals surface area contributed by atoms with Gasteiger partial charge in [-0.2, -0.15) is 0 Å². The van der Waals surface area contributed by atoms with E-state index in [9.17, 15) is 9.50 Å². The molecule has 1 aliphatic heterocycles. The van der Waals surface area contributed by atoms with E-state index in [2.05, 4.69) is 10.2 Å². The van der Waals surface area contributed by atoms with Crippen LogP contribution < -0.4 is 5.73 Å². The van der Waals surface area contributed by atoms with Gasteiger partial charge in [0.2, 0.25) is 0 Å². The lowest BCUT2D eigenvalue weighted by molar-refractivity contribution is 0.375. The highest BCUT2D eigenvalue weighted by atomic mass is 19.1. The van der Waals surface area contributed by atoms with Gasteiger partial charge >= 0.3 is 0 Å². The average molecular weight is 262 g/mol. The van der Waals surface area contributed by atoms with Gasteiger partial charge in [-0.15, -0.1) is 10.2 Å². The number of benzene rings is 1. The van der Waals surface area contributed by atoms with E-state index < -0.39 is 5.82 Å². The summed E-state index contributed by atoms with van der Waals surface area (Å²) in [7, 11) is 0. The van der Waals surface area contributed by atoms with Crippen molar-refractivity contribution >= 4 is 0 Å². The number of phenols is 1. The summed E-state index contributed by atoms with van der Waals surface area (Å²) in [6.45, 7) is 1.32. The minimum Gasteiger partial charge on any atom is -0.508 e. The number of hydrogen-bond donors (Lipinski definition) is 2. The van der Waals surface area contributed by atoms with Crippen LogP contribution in [0.4, 0.5) is 4.39 Å². The molecule has 1 aromatic heterocycles. The first-order valence-corrected chi connectivity index (χ1v) is 6.30. The average Bonchev–Trinajstić information content (AvgIpc) is 2.81. The van der Waals surface area contributed by atoms with Crippen molar-refractivity contribution in [1.29, 1.82) is 0 Å². The van der Waals surface area contributed by atoms with Gasteiger partial charge in [0.15, 0.2) is 5.82 Å². The van der Waals surface area contributed by atoms with E-state index in [-0.39, 0.29) is 5.75 Å². The van der Waals surface area contributed by atoms with E-state index in [0.29, 0.717) is 30.4 Å². The van der Waals surface area contributed by atoms with Crippen molar-refractivity contribution in [3.05, 3.63) is 29.8 Å². The van der Waals surface area contributed by atoms with Crippen LogP contribution in [0.1, 0.15) is 12.2 Å². The first-order valence-electron chi connectivity index (χ1n) is 6.30. The molecular weight excluding hydrogens is 247 g/mol. The fourth-order valence-electron chi connectivity index (χ4n) is 2.47. The van der Waals surface area contributed by atoms with Crippen LogP contribution >= 0.6 is 0 Å². The molecule has 0 radical (unpaired) electrons. The van der Waals surface area contributed by atoms with Gasteiger partial charge in [-0.3, -0.25) is 0 Å². The second kappa shape index (κ2) is 4.62. The Morgan fingerprint density at radius 2 is 2.26 bits per heavy atom. The zero-order chi connectivity index (χ0) is 13.4. The number of halogens is 1. The summed E-state index contributed by atoms with van der Waals surface area (Å²) >= 11 is 0. The molecule has 3 rings (SSSR count). The molecule has 0 amide bonds. The van der Waals surface area contributed by atoms with Gasteiger partial charge in [-0.05, 0) is 31.0 Å². The number of phenolic OH excluding ortho intramolecular Hbond substituents is 1. The highest BCUT2D eigenvalue weighted by molar-refractivity contribution is 5.57. The normalized spacial score (nSPS) is 18.3. The molecular formula is C13H15FN4O. The topological polar surface area (TPSA) is 77.0 Å². The maximum absolute atomic E-state index is 13.9. The van der Waals surface area contributed by atoms with Crippen molar-refractivity contribution in [2.45, 2.75) is 19.4 Å². The zero-order valence-electron chi connectivity index (χ0n) is 10.4. The molecule has 0 fully saturated rings. The summed E-state index contributed by atoms with van der Waals surface area (Å²) in [5.74, 6) is 1.16. The summed E-state index contributed by atoms with van der Waals surface area (Å²) < 4.78 is 15.8. The third kappa shape index (κ3) is 2.08. The molecule has 3 N–H and O–H groups in total. The van der Waals surface area contributed by atoms with Gasteiger partial charge in [0.1, 0.15) is 17.4 Å². The lowest BCUT2D eigenvalue weighted by Gasteiger charge is -2.23. The molecule has 2 heterocycles. The predicted molar refractivity (Wildman–Crippen MR) is 67.9 cm³/mol. The second-order valence-corrected chi connectivity index (χ2v) is 4.85. The van der Waals surface area contributed by atoms with E-state index in [1.165, 1.54) is 12.1 Å². The molecule has 0 saturated carbocycles. The first-order chi connectivity index (χ1) is 9.19. The fraction of sp³-hybridized carbons (Fsp3) is 0.385.